The van der Waals surface area contributed by atoms with E-state index in [1.807, 2.05) is 0 Å². The fourth-order valence-electron chi connectivity index (χ4n) is 4.16. The summed E-state index contributed by atoms with van der Waals surface area (Å²) in [6.07, 6.45) is 10.8. The number of piperazine rings is 1. The van der Waals surface area contributed by atoms with Crippen LogP contribution in [0, 0.1) is 5.92 Å². The Morgan fingerprint density at radius 3 is 2.64 bits per heavy atom. The molecule has 1 aromatic rings. The second-order valence-corrected chi connectivity index (χ2v) is 9.72. The van der Waals surface area contributed by atoms with Crippen LogP contribution in [0.3, 0.4) is 0 Å². The number of hydrogen-bond acceptors (Lipinski definition) is 5. The van der Waals surface area contributed by atoms with E-state index in [1.165, 1.54) is 49.1 Å². The lowest BCUT2D eigenvalue weighted by atomic mass is 10.0. The van der Waals surface area contributed by atoms with Gasteiger partial charge in [-0.15, -0.1) is 0 Å². The fourth-order valence-corrected chi connectivity index (χ4v) is 5.58. The van der Waals surface area contributed by atoms with E-state index in [0.717, 1.165) is 24.8 Å². The van der Waals surface area contributed by atoms with Gasteiger partial charge in [0.15, 0.2) is 5.96 Å². The van der Waals surface area contributed by atoms with Gasteiger partial charge in [0.05, 0.1) is 5.69 Å². The lowest BCUT2D eigenvalue weighted by Crippen LogP contribution is -2.54. The van der Waals surface area contributed by atoms with E-state index in [2.05, 4.69) is 20.4 Å². The molecule has 3 rings (SSSR count). The van der Waals surface area contributed by atoms with Gasteiger partial charge < -0.3 is 14.7 Å². The Morgan fingerprint density at radius 2 is 2.00 bits per heavy atom. The number of guanidine groups is 1. The molecule has 0 unspecified atom stereocenters. The molecule has 1 aliphatic heterocycles. The minimum absolute atomic E-state index is 0.114. The summed E-state index contributed by atoms with van der Waals surface area (Å²) in [6.45, 7) is 3.12. The zero-order valence-corrected chi connectivity index (χ0v) is 17.7. The number of nitrogens with zero attached hydrogens (tertiary/aromatic N) is 4. The number of sulfonamides is 1. The minimum Gasteiger partial charge on any atom is -0.364 e. The van der Waals surface area contributed by atoms with Crippen molar-refractivity contribution >= 4 is 16.0 Å². The predicted octanol–water partition coefficient (Wildman–Crippen LogP) is 2.06. The van der Waals surface area contributed by atoms with Gasteiger partial charge >= 0.3 is 0 Å². The van der Waals surface area contributed by atoms with Crippen molar-refractivity contribution in [3.63, 3.8) is 0 Å². The molecule has 0 amide bonds. The van der Waals surface area contributed by atoms with Crippen LogP contribution in [-0.2, 0) is 15.8 Å². The van der Waals surface area contributed by atoms with E-state index < -0.39 is 10.0 Å². The van der Waals surface area contributed by atoms with Crippen LogP contribution in [0.25, 0.3) is 0 Å². The van der Waals surface area contributed by atoms with Crippen LogP contribution < -0.4 is 5.32 Å². The Morgan fingerprint density at radius 1 is 1.25 bits per heavy atom. The number of rotatable bonds is 8. The molecule has 0 radical (unpaired) electrons. The molecule has 2 aliphatic rings. The lowest BCUT2D eigenvalue weighted by molar-refractivity contribution is 0.259. The van der Waals surface area contributed by atoms with E-state index in [-0.39, 0.29) is 5.75 Å². The standard InChI is InChI=1S/C19H33N5O3S/c1-20-19(21-10-5-4-8-17-6-2-3-7-17)23-11-13-24(14-12-23)28(25,26)16-18-9-15-27-22-18/h9,15,17H,2-8,10-14,16H2,1H3,(H,20,21). The molecule has 28 heavy (non-hydrogen) atoms. The first-order valence-corrected chi connectivity index (χ1v) is 12.0. The summed E-state index contributed by atoms with van der Waals surface area (Å²) >= 11 is 0. The molecule has 1 aromatic heterocycles. The van der Waals surface area contributed by atoms with Crippen LogP contribution >= 0.6 is 0 Å². The number of aliphatic imine (C=N–C) groups is 1. The number of unbranched alkanes of at least 4 members (excludes halogenated alkanes) is 1. The molecule has 158 valence electrons. The molecular weight excluding hydrogens is 378 g/mol. The van der Waals surface area contributed by atoms with E-state index in [4.69, 9.17) is 4.52 Å². The van der Waals surface area contributed by atoms with Crippen molar-refractivity contribution in [2.45, 2.75) is 50.7 Å². The highest BCUT2D eigenvalue weighted by Crippen LogP contribution is 2.28. The molecule has 2 heterocycles. The third-order valence-corrected chi connectivity index (χ3v) is 7.57. The van der Waals surface area contributed by atoms with Crippen LogP contribution in [0.1, 0.15) is 50.6 Å². The second-order valence-electron chi connectivity index (χ2n) is 7.75. The van der Waals surface area contributed by atoms with Crippen molar-refractivity contribution in [3.8, 4) is 0 Å². The highest BCUT2D eigenvalue weighted by molar-refractivity contribution is 7.88. The van der Waals surface area contributed by atoms with E-state index in [0.29, 0.717) is 31.9 Å². The zero-order chi connectivity index (χ0) is 19.8. The first-order chi connectivity index (χ1) is 13.6. The lowest BCUT2D eigenvalue weighted by Gasteiger charge is -2.35. The van der Waals surface area contributed by atoms with Crippen molar-refractivity contribution in [1.82, 2.24) is 19.7 Å². The monoisotopic (exact) mass is 411 g/mol. The third kappa shape index (κ3) is 5.94. The molecule has 1 N–H and O–H groups in total. The van der Waals surface area contributed by atoms with Gasteiger partial charge in [0.2, 0.25) is 10.0 Å². The van der Waals surface area contributed by atoms with Crippen molar-refractivity contribution in [2.75, 3.05) is 39.8 Å². The van der Waals surface area contributed by atoms with Gasteiger partial charge in [-0.1, -0.05) is 43.7 Å². The van der Waals surface area contributed by atoms with E-state index in [1.54, 1.807) is 13.1 Å². The SMILES string of the molecule is CN=C(NCCCCC1CCCC1)N1CCN(S(=O)(=O)Cc2ccon2)CC1. The Bertz CT molecular complexity index is 706. The summed E-state index contributed by atoms with van der Waals surface area (Å²) in [5, 5.41) is 7.15. The molecule has 0 spiro atoms. The first-order valence-electron chi connectivity index (χ1n) is 10.4. The molecule has 0 bridgehead atoms. The average Bonchev–Trinajstić information content (AvgIpc) is 3.39. The molecule has 2 fully saturated rings. The van der Waals surface area contributed by atoms with Crippen LogP contribution in [-0.4, -0.2) is 68.5 Å². The highest BCUT2D eigenvalue weighted by Gasteiger charge is 2.28. The number of nitrogens with one attached hydrogen (secondary N) is 1. The normalized spacial score (nSPS) is 20.0. The largest absolute Gasteiger partial charge is 0.364 e. The Kier molecular flexibility index (Phi) is 7.73. The van der Waals surface area contributed by atoms with Gasteiger partial charge in [-0.2, -0.15) is 4.31 Å². The Balaban J connectivity index is 1.37. The summed E-state index contributed by atoms with van der Waals surface area (Å²) in [6, 6.07) is 1.59. The predicted molar refractivity (Wildman–Crippen MR) is 109 cm³/mol. The quantitative estimate of drug-likeness (QED) is 0.400. The summed E-state index contributed by atoms with van der Waals surface area (Å²) in [4.78, 5) is 6.51. The summed E-state index contributed by atoms with van der Waals surface area (Å²) < 4.78 is 31.3. The summed E-state index contributed by atoms with van der Waals surface area (Å²) in [7, 11) is -1.58. The second kappa shape index (κ2) is 10.2. The van der Waals surface area contributed by atoms with Gasteiger partial charge in [0, 0.05) is 45.8 Å². The van der Waals surface area contributed by atoms with Crippen LogP contribution in [0.5, 0.6) is 0 Å². The maximum Gasteiger partial charge on any atom is 0.220 e. The Labute approximate surface area is 168 Å². The molecule has 0 atom stereocenters. The first kappa shape index (κ1) is 21.1. The molecule has 1 saturated heterocycles. The maximum atomic E-state index is 12.5. The maximum absolute atomic E-state index is 12.5. The van der Waals surface area contributed by atoms with E-state index >= 15 is 0 Å². The number of hydrogen-bond donors (Lipinski definition) is 1. The topological polar surface area (TPSA) is 91.0 Å². The van der Waals surface area contributed by atoms with Crippen molar-refractivity contribution in [3.05, 3.63) is 18.0 Å². The van der Waals surface area contributed by atoms with Crippen LogP contribution in [0.2, 0.25) is 0 Å². The zero-order valence-electron chi connectivity index (χ0n) is 16.8. The minimum atomic E-state index is -3.37. The molecule has 8 nitrogen and oxygen atoms in total. The van der Waals surface area contributed by atoms with Crippen molar-refractivity contribution in [2.24, 2.45) is 10.9 Å². The van der Waals surface area contributed by atoms with Gasteiger partial charge in [0.25, 0.3) is 0 Å². The smallest absolute Gasteiger partial charge is 0.220 e. The number of aromatic nitrogens is 1. The summed E-state index contributed by atoms with van der Waals surface area (Å²) in [5.41, 5.74) is 0.442. The average molecular weight is 412 g/mol. The van der Waals surface area contributed by atoms with Crippen molar-refractivity contribution in [1.29, 1.82) is 0 Å². The van der Waals surface area contributed by atoms with E-state index in [9.17, 15) is 8.42 Å². The van der Waals surface area contributed by atoms with Crippen molar-refractivity contribution < 1.29 is 12.9 Å². The molecule has 9 heteroatoms. The molecule has 1 saturated carbocycles. The van der Waals surface area contributed by atoms with Crippen LogP contribution in [0.15, 0.2) is 21.8 Å². The fraction of sp³-hybridized carbons (Fsp3) is 0.789. The molecule has 0 aromatic carbocycles. The van der Waals surface area contributed by atoms with Gasteiger partial charge in [-0.3, -0.25) is 4.99 Å². The summed E-state index contributed by atoms with van der Waals surface area (Å²) in [5.74, 6) is 1.71. The molecular formula is C19H33N5O3S. The third-order valence-electron chi connectivity index (χ3n) is 5.76. The van der Waals surface area contributed by atoms with Gasteiger partial charge in [-0.25, -0.2) is 8.42 Å². The van der Waals surface area contributed by atoms with Crippen LogP contribution in [0.4, 0.5) is 0 Å². The molecule has 1 aliphatic carbocycles. The Hall–Kier alpha value is -1.61. The van der Waals surface area contributed by atoms with Gasteiger partial charge in [-0.05, 0) is 12.3 Å². The highest BCUT2D eigenvalue weighted by atomic mass is 32.2. The van der Waals surface area contributed by atoms with Gasteiger partial charge in [0.1, 0.15) is 12.0 Å².